The number of carbonyl (C=O) groups is 1. The quantitative estimate of drug-likeness (QED) is 0.616. The van der Waals surface area contributed by atoms with Crippen LogP contribution in [0.25, 0.3) is 0 Å². The van der Waals surface area contributed by atoms with Gasteiger partial charge >= 0.3 is 5.97 Å². The molecule has 7 nitrogen and oxygen atoms in total. The van der Waals surface area contributed by atoms with Gasteiger partial charge in [0.25, 0.3) is 0 Å². The molecule has 0 aliphatic carbocycles. The van der Waals surface area contributed by atoms with Gasteiger partial charge < -0.3 is 25.4 Å². The minimum Gasteiger partial charge on any atom is -0.508 e. The molecule has 0 fully saturated rings. The lowest BCUT2D eigenvalue weighted by Crippen LogP contribution is -2.33. The van der Waals surface area contributed by atoms with Crippen LogP contribution in [0.1, 0.15) is 25.3 Å². The molecular formula is C17H20N2O5. The first-order valence-electron chi connectivity index (χ1n) is 7.48. The molecule has 2 rings (SSSR count). The second-order valence-corrected chi connectivity index (χ2v) is 5.56. The summed E-state index contributed by atoms with van der Waals surface area (Å²) in [6.07, 6.45) is 0. The lowest BCUT2D eigenvalue weighted by atomic mass is 10.0. The fourth-order valence-corrected chi connectivity index (χ4v) is 2.10. The van der Waals surface area contributed by atoms with Crippen molar-refractivity contribution in [1.29, 1.82) is 0 Å². The van der Waals surface area contributed by atoms with E-state index < -0.39 is 18.6 Å². The molecule has 24 heavy (non-hydrogen) atoms. The van der Waals surface area contributed by atoms with E-state index >= 15 is 0 Å². The van der Waals surface area contributed by atoms with Crippen molar-refractivity contribution < 1.29 is 24.9 Å². The number of carboxylic acids is 1. The molecule has 1 atom stereocenters. The van der Waals surface area contributed by atoms with Crippen LogP contribution in [0.15, 0.2) is 36.4 Å². The summed E-state index contributed by atoms with van der Waals surface area (Å²) in [5.74, 6) is 0.214. The number of pyridine rings is 1. The van der Waals surface area contributed by atoms with Crippen LogP contribution < -0.4 is 10.1 Å². The monoisotopic (exact) mass is 332 g/mol. The smallest absolute Gasteiger partial charge is 0.328 e. The zero-order valence-corrected chi connectivity index (χ0v) is 13.4. The number of ether oxygens (including phenoxy) is 1. The van der Waals surface area contributed by atoms with Gasteiger partial charge in [0, 0.05) is 11.6 Å². The van der Waals surface area contributed by atoms with Crippen LogP contribution in [-0.2, 0) is 4.79 Å². The summed E-state index contributed by atoms with van der Waals surface area (Å²) in [7, 11) is 0. The average molecular weight is 332 g/mol. The van der Waals surface area contributed by atoms with Crippen molar-refractivity contribution in [3.8, 4) is 17.4 Å². The zero-order valence-electron chi connectivity index (χ0n) is 13.4. The second-order valence-electron chi connectivity index (χ2n) is 5.56. The van der Waals surface area contributed by atoms with Gasteiger partial charge in [-0.2, -0.15) is 4.98 Å². The molecule has 0 spiro atoms. The highest BCUT2D eigenvalue weighted by molar-refractivity contribution is 5.77. The summed E-state index contributed by atoms with van der Waals surface area (Å²) in [6, 6.07) is 8.63. The summed E-state index contributed by atoms with van der Waals surface area (Å²) < 4.78 is 5.67. The Balaban J connectivity index is 2.18. The predicted molar refractivity (Wildman–Crippen MR) is 88.6 cm³/mol. The van der Waals surface area contributed by atoms with Crippen molar-refractivity contribution in [1.82, 2.24) is 4.98 Å². The highest BCUT2D eigenvalue weighted by Crippen LogP contribution is 2.31. The molecule has 0 bridgehead atoms. The molecule has 7 heteroatoms. The minimum absolute atomic E-state index is 0.135. The van der Waals surface area contributed by atoms with Crippen molar-refractivity contribution >= 4 is 11.8 Å². The first-order valence-corrected chi connectivity index (χ1v) is 7.48. The highest BCUT2D eigenvalue weighted by atomic mass is 16.5. The third-order valence-corrected chi connectivity index (χ3v) is 3.37. The van der Waals surface area contributed by atoms with Crippen LogP contribution in [0.5, 0.6) is 17.4 Å². The fraction of sp³-hybridized carbons (Fsp3) is 0.294. The maximum Gasteiger partial charge on any atom is 0.328 e. The number of aliphatic hydroxyl groups is 1. The molecular weight excluding hydrogens is 312 g/mol. The number of aromatic nitrogens is 1. The SMILES string of the molecule is CC(C)c1cc(Oc2cccc(NC(CO)C(=O)O)n2)ccc1O. The summed E-state index contributed by atoms with van der Waals surface area (Å²) in [5.41, 5.74) is 0.757. The number of hydrogen-bond donors (Lipinski definition) is 4. The van der Waals surface area contributed by atoms with Gasteiger partial charge in [0.2, 0.25) is 5.88 Å². The summed E-state index contributed by atoms with van der Waals surface area (Å²) in [4.78, 5) is 15.1. The molecule has 1 unspecified atom stereocenters. The van der Waals surface area contributed by atoms with Gasteiger partial charge in [-0.25, -0.2) is 4.79 Å². The maximum absolute atomic E-state index is 10.9. The van der Waals surface area contributed by atoms with Crippen molar-refractivity contribution in [2.75, 3.05) is 11.9 Å². The topological polar surface area (TPSA) is 112 Å². The number of anilines is 1. The van der Waals surface area contributed by atoms with Gasteiger partial charge in [-0.1, -0.05) is 19.9 Å². The molecule has 0 amide bonds. The molecule has 1 aromatic heterocycles. The number of carboxylic acid groups (broad SMARTS) is 1. The van der Waals surface area contributed by atoms with E-state index in [4.69, 9.17) is 14.9 Å². The summed E-state index contributed by atoms with van der Waals surface area (Å²) in [6.45, 7) is 3.36. The lowest BCUT2D eigenvalue weighted by Gasteiger charge is -2.14. The number of nitrogens with one attached hydrogen (secondary N) is 1. The van der Waals surface area contributed by atoms with Crippen LogP contribution in [0.4, 0.5) is 5.82 Å². The van der Waals surface area contributed by atoms with E-state index in [1.54, 1.807) is 36.4 Å². The van der Waals surface area contributed by atoms with Gasteiger partial charge in [-0.05, 0) is 30.2 Å². The Kier molecular flexibility index (Phi) is 5.59. The highest BCUT2D eigenvalue weighted by Gasteiger charge is 2.16. The van der Waals surface area contributed by atoms with Gasteiger partial charge in [0.05, 0.1) is 6.61 Å². The number of rotatable bonds is 7. The van der Waals surface area contributed by atoms with Crippen molar-refractivity contribution in [3.05, 3.63) is 42.0 Å². The molecule has 0 saturated carbocycles. The number of phenolic OH excluding ortho intramolecular Hbond substituents is 1. The number of phenols is 1. The molecule has 0 aliphatic heterocycles. The lowest BCUT2D eigenvalue weighted by molar-refractivity contribution is -0.138. The van der Waals surface area contributed by atoms with Gasteiger partial charge in [-0.15, -0.1) is 0 Å². The number of aromatic hydroxyl groups is 1. The average Bonchev–Trinajstić information content (AvgIpc) is 2.54. The Morgan fingerprint density at radius 3 is 2.67 bits per heavy atom. The van der Waals surface area contributed by atoms with Crippen molar-refractivity contribution in [2.45, 2.75) is 25.8 Å². The zero-order chi connectivity index (χ0) is 17.7. The van der Waals surface area contributed by atoms with E-state index in [0.29, 0.717) is 5.75 Å². The fourth-order valence-electron chi connectivity index (χ4n) is 2.10. The molecule has 0 aliphatic rings. The summed E-state index contributed by atoms with van der Waals surface area (Å²) >= 11 is 0. The second kappa shape index (κ2) is 7.65. The number of aliphatic hydroxyl groups excluding tert-OH is 1. The van der Waals surface area contributed by atoms with Crippen LogP contribution in [0.3, 0.4) is 0 Å². The van der Waals surface area contributed by atoms with Crippen LogP contribution in [0.2, 0.25) is 0 Å². The minimum atomic E-state index is -1.18. The molecule has 2 aromatic rings. The Hall–Kier alpha value is -2.80. The van der Waals surface area contributed by atoms with Gasteiger partial charge in [0.15, 0.2) is 0 Å². The van der Waals surface area contributed by atoms with Crippen LogP contribution >= 0.6 is 0 Å². The molecule has 0 saturated heterocycles. The van der Waals surface area contributed by atoms with E-state index in [0.717, 1.165) is 5.56 Å². The van der Waals surface area contributed by atoms with Crippen molar-refractivity contribution in [2.24, 2.45) is 0 Å². The number of nitrogens with zero attached hydrogens (tertiary/aromatic N) is 1. The van der Waals surface area contributed by atoms with Crippen LogP contribution in [-0.4, -0.2) is 38.9 Å². The number of aliphatic carboxylic acids is 1. The Bertz CT molecular complexity index is 718. The third-order valence-electron chi connectivity index (χ3n) is 3.37. The Labute approximate surface area is 139 Å². The molecule has 128 valence electrons. The van der Waals surface area contributed by atoms with E-state index in [1.807, 2.05) is 13.8 Å². The predicted octanol–water partition coefficient (Wildman–Crippen LogP) is 2.56. The maximum atomic E-state index is 10.9. The number of hydrogen-bond acceptors (Lipinski definition) is 6. The van der Waals surface area contributed by atoms with Crippen molar-refractivity contribution in [3.63, 3.8) is 0 Å². The molecule has 1 aromatic carbocycles. The Morgan fingerprint density at radius 2 is 2.04 bits per heavy atom. The Morgan fingerprint density at radius 1 is 1.29 bits per heavy atom. The van der Waals surface area contributed by atoms with E-state index in [1.165, 1.54) is 0 Å². The molecule has 4 N–H and O–H groups in total. The van der Waals surface area contributed by atoms with E-state index in [2.05, 4.69) is 10.3 Å². The van der Waals surface area contributed by atoms with Crippen LogP contribution in [0, 0.1) is 0 Å². The largest absolute Gasteiger partial charge is 0.508 e. The van der Waals surface area contributed by atoms with E-state index in [-0.39, 0.29) is 23.4 Å². The normalized spacial score (nSPS) is 12.0. The molecule has 0 radical (unpaired) electrons. The van der Waals surface area contributed by atoms with Gasteiger partial charge in [-0.3, -0.25) is 0 Å². The third kappa shape index (κ3) is 4.36. The first-order chi connectivity index (χ1) is 11.4. The number of benzene rings is 1. The summed E-state index contributed by atoms with van der Waals surface area (Å²) in [5, 5.41) is 30.4. The van der Waals surface area contributed by atoms with E-state index in [9.17, 15) is 9.90 Å². The molecule has 1 heterocycles. The first kappa shape index (κ1) is 17.6. The standard InChI is InChI=1S/C17H20N2O5/c1-10(2)12-8-11(6-7-14(12)21)24-16-5-3-4-15(19-16)18-13(9-20)17(22)23/h3-8,10,13,20-21H,9H2,1-2H3,(H,18,19)(H,22,23). The van der Waals surface area contributed by atoms with Gasteiger partial charge in [0.1, 0.15) is 23.4 Å².